The van der Waals surface area contributed by atoms with Crippen molar-refractivity contribution in [2.45, 2.75) is 0 Å². The monoisotopic (exact) mass is 322 g/mol. The number of hydrogen-bond donors (Lipinski definition) is 4. The quantitative estimate of drug-likeness (QED) is 0.273. The van der Waals surface area contributed by atoms with E-state index in [0.29, 0.717) is 0 Å². The molecule has 0 aliphatic rings. The van der Waals surface area contributed by atoms with Gasteiger partial charge >= 0.3 is 15.2 Å². The molecule has 0 heterocycles. The summed E-state index contributed by atoms with van der Waals surface area (Å²) in [4.78, 5) is 18.4. The van der Waals surface area contributed by atoms with Gasteiger partial charge in [0.25, 0.3) is 0 Å². The van der Waals surface area contributed by atoms with Crippen molar-refractivity contribution in [3.63, 3.8) is 0 Å². The molecule has 0 aromatic rings. The van der Waals surface area contributed by atoms with Crippen LogP contribution in [0, 0.1) is 0 Å². The number of hydrogen-bond acceptors (Lipinski definition) is 7. The van der Waals surface area contributed by atoms with Gasteiger partial charge in [-0.25, -0.2) is 0 Å². The minimum Gasteiger partial charge on any atom is -0.394 e. The van der Waals surface area contributed by atoms with E-state index in [9.17, 15) is 18.9 Å². The summed E-state index contributed by atoms with van der Waals surface area (Å²) >= 11 is 0. The predicted molar refractivity (Wildman–Crippen MR) is 66.3 cm³/mol. The molecule has 0 saturated carbocycles. The minimum absolute atomic E-state index is 0.126. The summed E-state index contributed by atoms with van der Waals surface area (Å²) in [6, 6.07) is 0. The second kappa shape index (κ2) is 9.99. The Bertz CT molecular complexity index is 291. The number of rotatable bonds is 12. The molecule has 0 saturated heterocycles. The van der Waals surface area contributed by atoms with Crippen LogP contribution in [0.5, 0.6) is 0 Å². The first-order valence-electron chi connectivity index (χ1n) is 5.55. The Hall–Kier alpha value is 0.180. The van der Waals surface area contributed by atoms with Crippen LogP contribution in [-0.2, 0) is 22.9 Å². The number of aliphatic hydroxyl groups is 2. The van der Waals surface area contributed by atoms with E-state index in [1.165, 1.54) is 0 Å². The summed E-state index contributed by atoms with van der Waals surface area (Å²) in [6.45, 7) is -1.45. The molecule has 0 rings (SSSR count). The average Bonchev–Trinajstić information content (AvgIpc) is 2.33. The van der Waals surface area contributed by atoms with Crippen molar-refractivity contribution in [1.29, 1.82) is 0 Å². The molecule has 2 atom stereocenters. The molecule has 0 aliphatic heterocycles. The largest absolute Gasteiger partial charge is 0.394 e. The zero-order valence-electron chi connectivity index (χ0n) is 10.4. The molecule has 0 aromatic carbocycles. The van der Waals surface area contributed by atoms with Crippen LogP contribution in [0.15, 0.2) is 0 Å². The fourth-order valence-electron chi connectivity index (χ4n) is 0.958. The van der Waals surface area contributed by atoms with Gasteiger partial charge in [0.15, 0.2) is 0 Å². The van der Waals surface area contributed by atoms with Crippen molar-refractivity contribution >= 4 is 15.2 Å². The third-order valence-electron chi connectivity index (χ3n) is 1.80. The molecule has 0 fully saturated rings. The Morgan fingerprint density at radius 2 is 1.11 bits per heavy atom. The van der Waals surface area contributed by atoms with Gasteiger partial charge < -0.3 is 33.8 Å². The Labute approximate surface area is 111 Å². The van der Waals surface area contributed by atoms with E-state index in [2.05, 4.69) is 9.05 Å². The first-order valence-corrected chi connectivity index (χ1v) is 9.08. The topological polar surface area (TPSA) is 143 Å². The van der Waals surface area contributed by atoms with Crippen LogP contribution in [0.2, 0.25) is 0 Å². The van der Waals surface area contributed by atoms with E-state index in [-0.39, 0.29) is 52.0 Å². The zero-order chi connectivity index (χ0) is 14.8. The lowest BCUT2D eigenvalue weighted by atomic mass is 10.8. The lowest BCUT2D eigenvalue weighted by Gasteiger charge is -2.13. The van der Waals surface area contributed by atoms with Gasteiger partial charge in [-0.3, -0.25) is 9.13 Å². The average molecular weight is 322 g/mol. The standard InChI is InChI=1S/C8H20O9P2/c9-1-3-16-18(11,12)7-5-15-6-8-19(13,14)17-4-2-10/h9-10H,1-8H2,(H,11,12)(H,13,14). The maximum atomic E-state index is 11.3. The minimum atomic E-state index is -3.79. The fraction of sp³-hybridized carbons (Fsp3) is 1.00. The van der Waals surface area contributed by atoms with E-state index in [0.717, 1.165) is 0 Å². The van der Waals surface area contributed by atoms with Crippen molar-refractivity contribution in [3.8, 4) is 0 Å². The van der Waals surface area contributed by atoms with E-state index in [1.807, 2.05) is 0 Å². The molecular weight excluding hydrogens is 302 g/mol. The van der Waals surface area contributed by atoms with Crippen molar-refractivity contribution < 1.29 is 42.9 Å². The van der Waals surface area contributed by atoms with E-state index in [1.54, 1.807) is 0 Å². The Kier molecular flexibility index (Phi) is 10.1. The second-order valence-electron chi connectivity index (χ2n) is 3.45. The summed E-state index contributed by atoms with van der Waals surface area (Å²) in [5.74, 6) is 0. The smallest absolute Gasteiger partial charge is 0.330 e. The maximum absolute atomic E-state index is 11.3. The predicted octanol–water partition coefficient (Wildman–Crippen LogP) is -0.608. The summed E-state index contributed by atoms with van der Waals surface area (Å²) in [5, 5.41) is 16.8. The molecule has 4 N–H and O–H groups in total. The lowest BCUT2D eigenvalue weighted by Crippen LogP contribution is -2.09. The van der Waals surface area contributed by atoms with Gasteiger partial charge in [0, 0.05) is 0 Å². The third kappa shape index (κ3) is 11.7. The summed E-state index contributed by atoms with van der Waals surface area (Å²) in [6.07, 6.45) is -0.555. The zero-order valence-corrected chi connectivity index (χ0v) is 12.2. The highest BCUT2D eigenvalue weighted by molar-refractivity contribution is 7.53. The Morgan fingerprint density at radius 1 is 0.737 bits per heavy atom. The lowest BCUT2D eigenvalue weighted by molar-refractivity contribution is 0.142. The molecule has 19 heavy (non-hydrogen) atoms. The summed E-state index contributed by atoms with van der Waals surface area (Å²) in [7, 11) is -7.58. The van der Waals surface area contributed by atoms with Crippen molar-refractivity contribution in [1.82, 2.24) is 0 Å². The molecule has 0 spiro atoms. The Morgan fingerprint density at radius 3 is 1.42 bits per heavy atom. The van der Waals surface area contributed by atoms with Gasteiger partial charge in [-0.05, 0) is 0 Å². The van der Waals surface area contributed by atoms with E-state index >= 15 is 0 Å². The molecule has 0 aliphatic carbocycles. The molecule has 0 aromatic heterocycles. The summed E-state index contributed by atoms with van der Waals surface area (Å²) < 4.78 is 36.4. The summed E-state index contributed by atoms with van der Waals surface area (Å²) in [5.41, 5.74) is 0. The number of ether oxygens (including phenoxy) is 1. The highest BCUT2D eigenvalue weighted by atomic mass is 31.2. The van der Waals surface area contributed by atoms with E-state index in [4.69, 9.17) is 14.9 Å². The van der Waals surface area contributed by atoms with Gasteiger partial charge in [0.1, 0.15) is 0 Å². The third-order valence-corrected chi connectivity index (χ3v) is 4.47. The van der Waals surface area contributed by atoms with Gasteiger partial charge in [0.2, 0.25) is 0 Å². The van der Waals surface area contributed by atoms with Crippen LogP contribution in [0.25, 0.3) is 0 Å². The number of aliphatic hydroxyl groups excluding tert-OH is 2. The van der Waals surface area contributed by atoms with Crippen LogP contribution >= 0.6 is 15.2 Å². The first-order chi connectivity index (χ1) is 8.83. The van der Waals surface area contributed by atoms with Gasteiger partial charge in [-0.1, -0.05) is 0 Å². The molecule has 2 unspecified atom stereocenters. The van der Waals surface area contributed by atoms with Crippen LogP contribution < -0.4 is 0 Å². The maximum Gasteiger partial charge on any atom is 0.330 e. The molecule has 0 bridgehead atoms. The normalized spacial score (nSPS) is 17.9. The second-order valence-corrected chi connectivity index (χ2v) is 7.41. The van der Waals surface area contributed by atoms with Gasteiger partial charge in [0.05, 0.1) is 52.0 Å². The van der Waals surface area contributed by atoms with Crippen LogP contribution in [-0.4, -0.2) is 72.0 Å². The van der Waals surface area contributed by atoms with Gasteiger partial charge in [-0.2, -0.15) is 0 Å². The van der Waals surface area contributed by atoms with Crippen LogP contribution in [0.3, 0.4) is 0 Å². The van der Waals surface area contributed by atoms with E-state index < -0.39 is 15.2 Å². The first kappa shape index (κ1) is 19.2. The molecule has 9 nitrogen and oxygen atoms in total. The SMILES string of the molecule is O=P(O)(CCOCCP(=O)(O)OCCO)OCCO. The fourth-order valence-corrected chi connectivity index (χ4v) is 2.67. The molecule has 11 heteroatoms. The Balaban J connectivity index is 3.69. The highest BCUT2D eigenvalue weighted by Crippen LogP contribution is 2.42. The molecule has 0 amide bonds. The van der Waals surface area contributed by atoms with Gasteiger partial charge in [-0.15, -0.1) is 0 Å². The molecular formula is C8H20O9P2. The van der Waals surface area contributed by atoms with Crippen LogP contribution in [0.1, 0.15) is 0 Å². The van der Waals surface area contributed by atoms with Crippen LogP contribution in [0.4, 0.5) is 0 Å². The molecule has 0 radical (unpaired) electrons. The van der Waals surface area contributed by atoms with Crippen molar-refractivity contribution in [2.24, 2.45) is 0 Å². The molecule has 116 valence electrons. The highest BCUT2D eigenvalue weighted by Gasteiger charge is 2.20. The van der Waals surface area contributed by atoms with Crippen molar-refractivity contribution in [2.75, 3.05) is 52.0 Å². The van der Waals surface area contributed by atoms with Crippen molar-refractivity contribution in [3.05, 3.63) is 0 Å².